The number of fused-ring (bicyclic) bond motifs is 1. The summed E-state index contributed by atoms with van der Waals surface area (Å²) in [5.41, 5.74) is 3.32. The van der Waals surface area contributed by atoms with E-state index >= 15 is 0 Å². The van der Waals surface area contributed by atoms with Crippen LogP contribution in [0.4, 0.5) is 10.1 Å². The summed E-state index contributed by atoms with van der Waals surface area (Å²) in [4.78, 5) is 12.7. The van der Waals surface area contributed by atoms with Crippen LogP contribution < -0.4 is 15.4 Å². The number of rotatable bonds is 4. The Morgan fingerprint density at radius 1 is 1.22 bits per heavy atom. The van der Waals surface area contributed by atoms with Crippen LogP contribution in [0.25, 0.3) is 0 Å². The van der Waals surface area contributed by atoms with Crippen molar-refractivity contribution in [2.45, 2.75) is 37.6 Å². The third kappa shape index (κ3) is 3.77. The molecule has 1 aliphatic carbocycles. The second-order valence-corrected chi connectivity index (χ2v) is 7.54. The summed E-state index contributed by atoms with van der Waals surface area (Å²) < 4.78 is 18.9. The van der Waals surface area contributed by atoms with Crippen molar-refractivity contribution in [2.75, 3.05) is 19.0 Å². The molecule has 0 spiro atoms. The van der Waals surface area contributed by atoms with E-state index in [0.29, 0.717) is 5.92 Å². The molecule has 5 heteroatoms. The second-order valence-electron chi connectivity index (χ2n) is 7.54. The molecular weight excluding hydrogens is 343 g/mol. The van der Waals surface area contributed by atoms with Crippen molar-refractivity contribution in [3.05, 3.63) is 59.4 Å². The summed E-state index contributed by atoms with van der Waals surface area (Å²) in [7, 11) is 1.47. The molecular formula is C22H25FN2O2. The lowest BCUT2D eigenvalue weighted by molar-refractivity contribution is -0.126. The Morgan fingerprint density at radius 2 is 2.04 bits per heavy atom. The van der Waals surface area contributed by atoms with Gasteiger partial charge in [-0.25, -0.2) is 4.39 Å². The Kier molecular flexibility index (Phi) is 5.01. The van der Waals surface area contributed by atoms with Gasteiger partial charge in [0.1, 0.15) is 0 Å². The highest BCUT2D eigenvalue weighted by Crippen LogP contribution is 2.38. The number of benzene rings is 2. The molecule has 1 heterocycles. The second kappa shape index (κ2) is 7.59. The maximum atomic E-state index is 13.9. The van der Waals surface area contributed by atoms with Gasteiger partial charge in [-0.3, -0.25) is 4.79 Å². The van der Waals surface area contributed by atoms with Crippen LogP contribution in [-0.4, -0.2) is 25.6 Å². The normalized spacial score (nSPS) is 24.0. The lowest BCUT2D eigenvalue weighted by Gasteiger charge is -2.37. The average molecular weight is 368 g/mol. The number of hydrogen-bond acceptors (Lipinski definition) is 3. The minimum Gasteiger partial charge on any atom is -0.494 e. The topological polar surface area (TPSA) is 50.4 Å². The maximum Gasteiger partial charge on any atom is 0.223 e. The molecule has 2 aromatic rings. The van der Waals surface area contributed by atoms with Gasteiger partial charge in [0.25, 0.3) is 0 Å². The first-order chi connectivity index (χ1) is 13.1. The van der Waals surface area contributed by atoms with Gasteiger partial charge in [-0.15, -0.1) is 0 Å². The van der Waals surface area contributed by atoms with Gasteiger partial charge >= 0.3 is 0 Å². The van der Waals surface area contributed by atoms with Crippen molar-refractivity contribution in [3.8, 4) is 5.75 Å². The van der Waals surface area contributed by atoms with Gasteiger partial charge in [0.05, 0.1) is 7.11 Å². The van der Waals surface area contributed by atoms with E-state index in [0.717, 1.165) is 43.5 Å². The molecule has 0 aromatic heterocycles. The first kappa shape index (κ1) is 17.8. The van der Waals surface area contributed by atoms with Crippen LogP contribution in [0.5, 0.6) is 5.75 Å². The summed E-state index contributed by atoms with van der Waals surface area (Å²) in [5, 5.41) is 6.61. The van der Waals surface area contributed by atoms with Crippen molar-refractivity contribution >= 4 is 11.6 Å². The van der Waals surface area contributed by atoms with E-state index in [4.69, 9.17) is 4.74 Å². The molecule has 1 unspecified atom stereocenters. The third-order valence-electron chi connectivity index (χ3n) is 5.79. The number of ether oxygens (including phenoxy) is 1. The molecule has 4 rings (SSSR count). The monoisotopic (exact) mass is 368 g/mol. The fourth-order valence-corrected chi connectivity index (χ4v) is 4.11. The van der Waals surface area contributed by atoms with Crippen LogP contribution in [0.2, 0.25) is 0 Å². The molecule has 2 aromatic carbocycles. The first-order valence-corrected chi connectivity index (χ1v) is 9.59. The maximum absolute atomic E-state index is 13.9. The average Bonchev–Trinajstić information content (AvgIpc) is 2.86. The number of carbonyl (C=O) groups is 1. The van der Waals surface area contributed by atoms with Gasteiger partial charge < -0.3 is 15.4 Å². The number of nitrogens with one attached hydrogen (secondary N) is 2. The van der Waals surface area contributed by atoms with Gasteiger partial charge in [-0.05, 0) is 60.9 Å². The van der Waals surface area contributed by atoms with E-state index < -0.39 is 0 Å². The zero-order chi connectivity index (χ0) is 18.8. The molecule has 1 atom stereocenters. The van der Waals surface area contributed by atoms with Crippen LogP contribution in [0.3, 0.4) is 0 Å². The molecule has 142 valence electrons. The van der Waals surface area contributed by atoms with Crippen molar-refractivity contribution in [2.24, 2.45) is 5.92 Å². The number of anilines is 1. The molecule has 0 radical (unpaired) electrons. The van der Waals surface area contributed by atoms with Gasteiger partial charge in [-0.2, -0.15) is 0 Å². The molecule has 1 saturated carbocycles. The molecule has 4 nitrogen and oxygen atoms in total. The number of amides is 1. The van der Waals surface area contributed by atoms with Crippen LogP contribution in [-0.2, 0) is 11.2 Å². The summed E-state index contributed by atoms with van der Waals surface area (Å²) in [6.45, 7) is 0.813. The van der Waals surface area contributed by atoms with Crippen molar-refractivity contribution < 1.29 is 13.9 Å². The Labute approximate surface area is 159 Å². The van der Waals surface area contributed by atoms with Crippen LogP contribution in [0.15, 0.2) is 42.5 Å². The van der Waals surface area contributed by atoms with Gasteiger partial charge in [0.15, 0.2) is 11.6 Å². The zero-order valence-corrected chi connectivity index (χ0v) is 15.5. The standard InChI is InChI=1S/C22H25FN2O2/c1-27-21-7-6-14(13-19(21)23)17-11-18(12-17)25-22(26)16-8-9-24-20-5-3-2-4-15(20)10-16/h2-7,13,16-18,24H,8-12H2,1H3,(H,25,26). The molecule has 0 saturated heterocycles. The summed E-state index contributed by atoms with van der Waals surface area (Å²) in [6, 6.07) is 13.5. The largest absolute Gasteiger partial charge is 0.494 e. The number of hydrogen-bond donors (Lipinski definition) is 2. The zero-order valence-electron chi connectivity index (χ0n) is 15.5. The quantitative estimate of drug-likeness (QED) is 0.861. The van der Waals surface area contributed by atoms with Crippen molar-refractivity contribution in [1.29, 1.82) is 0 Å². The Morgan fingerprint density at radius 3 is 2.81 bits per heavy atom. The predicted molar refractivity (Wildman–Crippen MR) is 104 cm³/mol. The minimum atomic E-state index is -0.327. The van der Waals surface area contributed by atoms with Crippen LogP contribution >= 0.6 is 0 Å². The van der Waals surface area contributed by atoms with E-state index in [9.17, 15) is 9.18 Å². The Hall–Kier alpha value is -2.56. The van der Waals surface area contributed by atoms with Crippen LogP contribution in [0, 0.1) is 11.7 Å². The molecule has 1 aliphatic heterocycles. The molecule has 0 bridgehead atoms. The Bertz CT molecular complexity index is 833. The lowest BCUT2D eigenvalue weighted by Crippen LogP contribution is -2.46. The summed E-state index contributed by atoms with van der Waals surface area (Å²) >= 11 is 0. The fourth-order valence-electron chi connectivity index (χ4n) is 4.11. The number of carbonyl (C=O) groups excluding carboxylic acids is 1. The number of halogens is 1. The molecule has 1 amide bonds. The summed E-state index contributed by atoms with van der Waals surface area (Å²) in [5.74, 6) is 0.376. The lowest BCUT2D eigenvalue weighted by atomic mass is 9.75. The van der Waals surface area contributed by atoms with E-state index in [1.165, 1.54) is 12.7 Å². The van der Waals surface area contributed by atoms with Gasteiger partial charge in [-0.1, -0.05) is 24.3 Å². The smallest absolute Gasteiger partial charge is 0.223 e. The summed E-state index contributed by atoms with van der Waals surface area (Å²) in [6.07, 6.45) is 3.33. The highest BCUT2D eigenvalue weighted by Gasteiger charge is 2.33. The molecule has 2 aliphatic rings. The van der Waals surface area contributed by atoms with E-state index in [1.807, 2.05) is 18.2 Å². The highest BCUT2D eigenvalue weighted by molar-refractivity contribution is 5.80. The van der Waals surface area contributed by atoms with E-state index in [-0.39, 0.29) is 29.4 Å². The fraction of sp³-hybridized carbons (Fsp3) is 0.409. The predicted octanol–water partition coefficient (Wildman–Crippen LogP) is 3.87. The van der Waals surface area contributed by atoms with Crippen LogP contribution in [0.1, 0.15) is 36.3 Å². The third-order valence-corrected chi connectivity index (χ3v) is 5.79. The molecule has 2 N–H and O–H groups in total. The van der Waals surface area contributed by atoms with E-state index in [2.05, 4.69) is 22.8 Å². The molecule has 27 heavy (non-hydrogen) atoms. The number of para-hydroxylation sites is 1. The SMILES string of the molecule is COc1ccc(C2CC(NC(=O)C3CCNc4ccccc4C3)C2)cc1F. The van der Waals surface area contributed by atoms with Gasteiger partial charge in [0, 0.05) is 24.2 Å². The van der Waals surface area contributed by atoms with Crippen molar-refractivity contribution in [1.82, 2.24) is 5.32 Å². The minimum absolute atomic E-state index is 0.00127. The number of methoxy groups -OCH3 is 1. The van der Waals surface area contributed by atoms with Crippen molar-refractivity contribution in [3.63, 3.8) is 0 Å². The van der Waals surface area contributed by atoms with E-state index in [1.54, 1.807) is 12.1 Å². The highest BCUT2D eigenvalue weighted by atomic mass is 19.1. The Balaban J connectivity index is 1.32. The molecule has 1 fully saturated rings. The first-order valence-electron chi connectivity index (χ1n) is 9.59. The van der Waals surface area contributed by atoms with Gasteiger partial charge in [0.2, 0.25) is 5.91 Å².